The summed E-state index contributed by atoms with van der Waals surface area (Å²) in [5, 5.41) is 2.37. The number of thiazole rings is 1. The first-order valence-corrected chi connectivity index (χ1v) is 5.80. The van der Waals surface area contributed by atoms with Crippen LogP contribution >= 0.6 is 22.9 Å². The Labute approximate surface area is 101 Å². The van der Waals surface area contributed by atoms with Gasteiger partial charge in [0.25, 0.3) is 0 Å². The third-order valence-corrected chi connectivity index (χ3v) is 3.21. The summed E-state index contributed by atoms with van der Waals surface area (Å²) in [5.74, 6) is -0.800. The van der Waals surface area contributed by atoms with E-state index < -0.39 is 5.82 Å². The molecule has 1 aromatic carbocycles. The fraction of sp³-hybridized carbons (Fsp3) is 0.0909. The quantitative estimate of drug-likeness (QED) is 0.787. The zero-order chi connectivity index (χ0) is 11.5. The van der Waals surface area contributed by atoms with Crippen LogP contribution in [-0.4, -0.2) is 10.8 Å². The average molecular weight is 256 g/mol. The van der Waals surface area contributed by atoms with Crippen molar-refractivity contribution < 1.29 is 9.18 Å². The number of nitrogens with zero attached hydrogens (tertiary/aromatic N) is 1. The number of carbonyl (C=O) groups excluding carboxylic acids is 1. The van der Waals surface area contributed by atoms with E-state index in [0.29, 0.717) is 5.01 Å². The monoisotopic (exact) mass is 255 g/mol. The minimum absolute atomic E-state index is 0.121. The Bertz CT molecular complexity index is 513. The van der Waals surface area contributed by atoms with E-state index >= 15 is 0 Å². The molecular weight excluding hydrogens is 249 g/mol. The van der Waals surface area contributed by atoms with Crippen LogP contribution in [0.1, 0.15) is 15.4 Å². The molecule has 0 aliphatic carbocycles. The molecule has 0 bridgehead atoms. The molecule has 1 heterocycles. The second kappa shape index (κ2) is 4.72. The number of hydrogen-bond acceptors (Lipinski definition) is 3. The first-order valence-electron chi connectivity index (χ1n) is 4.54. The maximum atomic E-state index is 13.1. The largest absolute Gasteiger partial charge is 0.294 e. The summed E-state index contributed by atoms with van der Waals surface area (Å²) in [6.07, 6.45) is 1.78. The fourth-order valence-corrected chi connectivity index (χ4v) is 2.14. The van der Waals surface area contributed by atoms with E-state index in [1.807, 2.05) is 0 Å². The van der Waals surface area contributed by atoms with Crippen LogP contribution in [-0.2, 0) is 6.42 Å². The van der Waals surface area contributed by atoms with Gasteiger partial charge in [-0.15, -0.1) is 11.3 Å². The summed E-state index contributed by atoms with van der Waals surface area (Å²) in [6.45, 7) is 0. The molecule has 5 heteroatoms. The lowest BCUT2D eigenvalue weighted by molar-refractivity contribution is 0.0992. The molecule has 0 atom stereocenters. The highest BCUT2D eigenvalue weighted by Gasteiger charge is 2.14. The van der Waals surface area contributed by atoms with Gasteiger partial charge in [0.15, 0.2) is 5.78 Å². The van der Waals surface area contributed by atoms with E-state index in [4.69, 9.17) is 11.6 Å². The Kier molecular flexibility index (Phi) is 3.31. The predicted molar refractivity (Wildman–Crippen MR) is 61.6 cm³/mol. The summed E-state index contributed by atoms with van der Waals surface area (Å²) in [5.41, 5.74) is 0.205. The highest BCUT2D eigenvalue weighted by atomic mass is 35.5. The van der Waals surface area contributed by atoms with Crippen LogP contribution in [0.25, 0.3) is 0 Å². The molecule has 0 spiro atoms. The summed E-state index contributed by atoms with van der Waals surface area (Å²) in [7, 11) is 0. The lowest BCUT2D eigenvalue weighted by Gasteiger charge is -2.02. The van der Waals surface area contributed by atoms with Gasteiger partial charge < -0.3 is 0 Å². The van der Waals surface area contributed by atoms with Crippen molar-refractivity contribution in [2.24, 2.45) is 0 Å². The predicted octanol–water partition coefficient (Wildman–Crippen LogP) is 3.36. The fourth-order valence-electron chi connectivity index (χ4n) is 1.29. The van der Waals surface area contributed by atoms with E-state index in [-0.39, 0.29) is 22.8 Å². The topological polar surface area (TPSA) is 30.0 Å². The van der Waals surface area contributed by atoms with Crippen LogP contribution in [0.3, 0.4) is 0 Å². The van der Waals surface area contributed by atoms with Crippen molar-refractivity contribution in [3.05, 3.63) is 51.2 Å². The molecule has 0 aliphatic heterocycles. The number of halogens is 2. The van der Waals surface area contributed by atoms with E-state index in [2.05, 4.69) is 4.98 Å². The van der Waals surface area contributed by atoms with Gasteiger partial charge in [-0.05, 0) is 12.1 Å². The van der Waals surface area contributed by atoms with Crippen LogP contribution in [0.2, 0.25) is 5.02 Å². The number of hydrogen-bond donors (Lipinski definition) is 0. The van der Waals surface area contributed by atoms with E-state index in [9.17, 15) is 9.18 Å². The molecule has 0 unspecified atom stereocenters. The molecule has 0 radical (unpaired) electrons. The maximum Gasteiger partial charge on any atom is 0.171 e. The molecule has 2 rings (SSSR count). The SMILES string of the molecule is O=C(Cc1nccs1)c1cccc(F)c1Cl. The van der Waals surface area contributed by atoms with Crippen LogP contribution in [0.5, 0.6) is 0 Å². The molecule has 2 aromatic rings. The number of carbonyl (C=O) groups is 1. The maximum absolute atomic E-state index is 13.1. The molecular formula is C11H7ClFNOS. The van der Waals surface area contributed by atoms with Crippen molar-refractivity contribution in [3.8, 4) is 0 Å². The lowest BCUT2D eigenvalue weighted by atomic mass is 10.1. The van der Waals surface area contributed by atoms with Crippen molar-refractivity contribution in [2.75, 3.05) is 0 Å². The number of ketones is 1. The minimum Gasteiger partial charge on any atom is -0.294 e. The van der Waals surface area contributed by atoms with Crippen molar-refractivity contribution in [3.63, 3.8) is 0 Å². The van der Waals surface area contributed by atoms with E-state index in [1.165, 1.54) is 29.5 Å². The number of benzene rings is 1. The number of rotatable bonds is 3. The molecule has 0 saturated carbocycles. The van der Waals surface area contributed by atoms with Crippen molar-refractivity contribution in [1.82, 2.24) is 4.98 Å². The van der Waals surface area contributed by atoms with Crippen LogP contribution in [0.4, 0.5) is 4.39 Å². The smallest absolute Gasteiger partial charge is 0.171 e. The first-order chi connectivity index (χ1) is 7.68. The van der Waals surface area contributed by atoms with Gasteiger partial charge in [0, 0.05) is 17.1 Å². The molecule has 16 heavy (non-hydrogen) atoms. The second-order valence-corrected chi connectivity index (χ2v) is 4.48. The number of Topliss-reactive ketones (excluding diaryl/α,β-unsaturated/α-hetero) is 1. The summed E-state index contributed by atoms with van der Waals surface area (Å²) in [6, 6.07) is 4.21. The zero-order valence-electron chi connectivity index (χ0n) is 8.11. The van der Waals surface area contributed by atoms with E-state index in [0.717, 1.165) is 0 Å². The molecule has 0 saturated heterocycles. The van der Waals surface area contributed by atoms with Crippen LogP contribution in [0.15, 0.2) is 29.8 Å². The minimum atomic E-state index is -0.577. The van der Waals surface area contributed by atoms with Gasteiger partial charge in [0.1, 0.15) is 10.8 Å². The van der Waals surface area contributed by atoms with Gasteiger partial charge in [-0.25, -0.2) is 9.37 Å². The first kappa shape index (κ1) is 11.2. The molecule has 2 nitrogen and oxygen atoms in total. The Hall–Kier alpha value is -1.26. The summed E-state index contributed by atoms with van der Waals surface area (Å²) in [4.78, 5) is 15.8. The Morgan fingerprint density at radius 1 is 1.50 bits per heavy atom. The standard InChI is InChI=1S/C11H7ClFNOS/c12-11-7(2-1-3-8(11)13)9(15)6-10-14-4-5-16-10/h1-5H,6H2. The second-order valence-electron chi connectivity index (χ2n) is 3.13. The average Bonchev–Trinajstić information content (AvgIpc) is 2.74. The van der Waals surface area contributed by atoms with Gasteiger partial charge in [-0.1, -0.05) is 17.7 Å². The molecule has 0 fully saturated rings. The lowest BCUT2D eigenvalue weighted by Crippen LogP contribution is -2.04. The normalized spacial score (nSPS) is 10.4. The molecule has 0 amide bonds. The summed E-state index contributed by atoms with van der Waals surface area (Å²) >= 11 is 7.10. The molecule has 1 aromatic heterocycles. The van der Waals surface area contributed by atoms with Crippen molar-refractivity contribution in [1.29, 1.82) is 0 Å². The van der Waals surface area contributed by atoms with Gasteiger partial charge in [0.05, 0.1) is 11.4 Å². The highest BCUT2D eigenvalue weighted by molar-refractivity contribution is 7.09. The van der Waals surface area contributed by atoms with Gasteiger partial charge in [-0.2, -0.15) is 0 Å². The Balaban J connectivity index is 2.24. The Morgan fingerprint density at radius 2 is 2.31 bits per heavy atom. The Morgan fingerprint density at radius 3 is 3.00 bits per heavy atom. The number of aromatic nitrogens is 1. The van der Waals surface area contributed by atoms with Gasteiger partial charge >= 0.3 is 0 Å². The van der Waals surface area contributed by atoms with Crippen molar-refractivity contribution in [2.45, 2.75) is 6.42 Å². The third kappa shape index (κ3) is 2.28. The highest BCUT2D eigenvalue weighted by Crippen LogP contribution is 2.21. The molecule has 0 N–H and O–H groups in total. The van der Waals surface area contributed by atoms with E-state index in [1.54, 1.807) is 11.6 Å². The molecule has 0 aliphatic rings. The van der Waals surface area contributed by atoms with Crippen LogP contribution in [0, 0.1) is 5.82 Å². The van der Waals surface area contributed by atoms with Crippen molar-refractivity contribution >= 4 is 28.7 Å². The summed E-state index contributed by atoms with van der Waals surface area (Å²) < 4.78 is 13.1. The molecule has 82 valence electrons. The van der Waals surface area contributed by atoms with Gasteiger partial charge in [-0.3, -0.25) is 4.79 Å². The third-order valence-electron chi connectivity index (χ3n) is 2.05. The zero-order valence-corrected chi connectivity index (χ0v) is 9.69. The van der Waals surface area contributed by atoms with Crippen LogP contribution < -0.4 is 0 Å². The van der Waals surface area contributed by atoms with Gasteiger partial charge in [0.2, 0.25) is 0 Å².